The van der Waals surface area contributed by atoms with Crippen LogP contribution in [0.15, 0.2) is 23.0 Å². The number of aryl methyl sites for hydroxylation is 2. The second-order valence-electron chi connectivity index (χ2n) is 4.65. The lowest BCUT2D eigenvalue weighted by molar-refractivity contribution is 0.626. The van der Waals surface area contributed by atoms with Gasteiger partial charge >= 0.3 is 0 Å². The Morgan fingerprint density at radius 3 is 2.81 bits per heavy atom. The lowest BCUT2D eigenvalue weighted by atomic mass is 10.2. The molecule has 0 amide bonds. The van der Waals surface area contributed by atoms with Gasteiger partial charge in [-0.05, 0) is 49.8 Å². The summed E-state index contributed by atoms with van der Waals surface area (Å²) < 4.78 is 14.9. The van der Waals surface area contributed by atoms with Crippen LogP contribution in [-0.4, -0.2) is 9.55 Å². The largest absolute Gasteiger partial charge is 0.323 e. The quantitative estimate of drug-likeness (QED) is 0.661. The number of nitrogens with one attached hydrogen (secondary N) is 1. The Bertz CT molecular complexity index is 987. The second kappa shape index (κ2) is 5.05. The number of aromatic nitrogens is 2. The monoisotopic (exact) mass is 340 g/mol. The van der Waals surface area contributed by atoms with Gasteiger partial charge in [-0.3, -0.25) is 9.36 Å². The molecule has 1 aromatic carbocycles. The van der Waals surface area contributed by atoms with Crippen molar-refractivity contribution in [1.82, 2.24) is 9.55 Å². The van der Waals surface area contributed by atoms with E-state index in [1.807, 2.05) is 13.8 Å². The number of fused-ring (bicyclic) bond motifs is 1. The molecule has 3 nitrogen and oxygen atoms in total. The van der Waals surface area contributed by atoms with Gasteiger partial charge in [-0.1, -0.05) is 11.6 Å². The first-order chi connectivity index (χ1) is 9.90. The van der Waals surface area contributed by atoms with Crippen LogP contribution in [0.25, 0.3) is 15.9 Å². The van der Waals surface area contributed by atoms with Gasteiger partial charge < -0.3 is 4.98 Å². The Morgan fingerprint density at radius 1 is 1.38 bits per heavy atom. The highest BCUT2D eigenvalue weighted by atomic mass is 35.5. The van der Waals surface area contributed by atoms with Crippen LogP contribution >= 0.6 is 35.2 Å². The molecule has 7 heteroatoms. The van der Waals surface area contributed by atoms with Gasteiger partial charge in [0, 0.05) is 4.88 Å². The fourth-order valence-electron chi connectivity index (χ4n) is 2.21. The number of thiophene rings is 1. The summed E-state index contributed by atoms with van der Waals surface area (Å²) in [4.78, 5) is 17.5. The molecule has 0 radical (unpaired) electrons. The molecule has 0 saturated heterocycles. The zero-order valence-electron chi connectivity index (χ0n) is 11.2. The summed E-state index contributed by atoms with van der Waals surface area (Å²) in [6.45, 7) is 3.82. The number of H-pyrrole nitrogens is 1. The van der Waals surface area contributed by atoms with Crippen LogP contribution in [0, 0.1) is 24.4 Å². The lowest BCUT2D eigenvalue weighted by Gasteiger charge is -2.09. The third-order valence-electron chi connectivity index (χ3n) is 3.37. The van der Waals surface area contributed by atoms with Gasteiger partial charge in [-0.2, -0.15) is 0 Å². The molecular weight excluding hydrogens is 331 g/mol. The summed E-state index contributed by atoms with van der Waals surface area (Å²) in [5.74, 6) is -0.478. The Hall–Kier alpha value is -1.50. The van der Waals surface area contributed by atoms with E-state index in [1.54, 1.807) is 0 Å². The zero-order valence-corrected chi connectivity index (χ0v) is 13.5. The fraction of sp³-hybridized carbons (Fsp3) is 0.143. The first-order valence-corrected chi connectivity index (χ1v) is 7.71. The third kappa shape index (κ3) is 2.23. The third-order valence-corrected chi connectivity index (χ3v) is 5.10. The standard InChI is InChI=1S/C14H10ClFN2OS2/c1-6-7(2)21-12-11(6)13(19)18(14(20)17-12)10-5-8(16)3-4-9(10)15/h3-5H,1-2H3,(H,17,20). The molecule has 0 spiro atoms. The van der Waals surface area contributed by atoms with Crippen molar-refractivity contribution in [3.8, 4) is 5.69 Å². The maximum absolute atomic E-state index is 13.5. The first kappa shape index (κ1) is 14.4. The highest BCUT2D eigenvalue weighted by Crippen LogP contribution is 2.27. The predicted molar refractivity (Wildman–Crippen MR) is 87.0 cm³/mol. The van der Waals surface area contributed by atoms with E-state index >= 15 is 0 Å². The molecule has 21 heavy (non-hydrogen) atoms. The molecule has 2 heterocycles. The van der Waals surface area contributed by atoms with Gasteiger partial charge in [0.1, 0.15) is 10.6 Å². The summed E-state index contributed by atoms with van der Waals surface area (Å²) in [7, 11) is 0. The van der Waals surface area contributed by atoms with Crippen molar-refractivity contribution in [2.45, 2.75) is 13.8 Å². The molecular formula is C14H10ClFN2OS2. The topological polar surface area (TPSA) is 37.8 Å². The smallest absolute Gasteiger partial charge is 0.267 e. The molecule has 1 N–H and O–H groups in total. The summed E-state index contributed by atoms with van der Waals surface area (Å²) in [5.41, 5.74) is 0.851. The summed E-state index contributed by atoms with van der Waals surface area (Å²) in [6, 6.07) is 3.85. The highest BCUT2D eigenvalue weighted by Gasteiger charge is 2.15. The minimum Gasteiger partial charge on any atom is -0.323 e. The number of aromatic amines is 1. The molecule has 0 aliphatic rings. The minimum atomic E-state index is -0.478. The van der Waals surface area contributed by atoms with Gasteiger partial charge in [0.15, 0.2) is 4.77 Å². The van der Waals surface area contributed by atoms with Gasteiger partial charge in [0.2, 0.25) is 0 Å². The Kier molecular flexibility index (Phi) is 3.47. The number of rotatable bonds is 1. The van der Waals surface area contributed by atoms with Gasteiger partial charge in [0.25, 0.3) is 5.56 Å². The Morgan fingerprint density at radius 2 is 2.10 bits per heavy atom. The highest BCUT2D eigenvalue weighted by molar-refractivity contribution is 7.71. The van der Waals surface area contributed by atoms with Gasteiger partial charge in [-0.15, -0.1) is 11.3 Å². The van der Waals surface area contributed by atoms with Crippen molar-refractivity contribution in [2.75, 3.05) is 0 Å². The van der Waals surface area contributed by atoms with Crippen LogP contribution in [0.2, 0.25) is 5.02 Å². The first-order valence-electron chi connectivity index (χ1n) is 6.10. The number of halogens is 2. The lowest BCUT2D eigenvalue weighted by Crippen LogP contribution is -2.20. The number of hydrogen-bond donors (Lipinski definition) is 1. The average Bonchev–Trinajstić information content (AvgIpc) is 2.69. The molecule has 0 aliphatic carbocycles. The minimum absolute atomic E-state index is 0.196. The number of hydrogen-bond acceptors (Lipinski definition) is 3. The summed E-state index contributed by atoms with van der Waals surface area (Å²) >= 11 is 12.8. The van der Waals surface area contributed by atoms with E-state index in [1.165, 1.54) is 34.1 Å². The van der Waals surface area contributed by atoms with Crippen molar-refractivity contribution in [3.05, 3.63) is 54.6 Å². The normalized spacial score (nSPS) is 11.2. The zero-order chi connectivity index (χ0) is 15.3. The Balaban J connectivity index is 2.49. The Labute approximate surface area is 133 Å². The number of nitrogens with zero attached hydrogens (tertiary/aromatic N) is 1. The van der Waals surface area contributed by atoms with E-state index in [9.17, 15) is 9.18 Å². The van der Waals surface area contributed by atoms with Gasteiger partial charge in [-0.25, -0.2) is 4.39 Å². The van der Waals surface area contributed by atoms with Crippen LogP contribution < -0.4 is 5.56 Å². The summed E-state index contributed by atoms with van der Waals surface area (Å²) in [5, 5.41) is 0.827. The van der Waals surface area contributed by atoms with Crippen molar-refractivity contribution in [3.63, 3.8) is 0 Å². The molecule has 0 saturated carbocycles. The van der Waals surface area contributed by atoms with Crippen LogP contribution in [0.5, 0.6) is 0 Å². The molecule has 0 unspecified atom stereocenters. The van der Waals surface area contributed by atoms with E-state index in [0.717, 1.165) is 15.3 Å². The van der Waals surface area contributed by atoms with E-state index in [4.69, 9.17) is 23.8 Å². The summed E-state index contributed by atoms with van der Waals surface area (Å²) in [6.07, 6.45) is 0. The molecule has 3 rings (SSSR count). The molecule has 108 valence electrons. The van der Waals surface area contributed by atoms with Crippen LogP contribution in [0.1, 0.15) is 10.4 Å². The number of benzene rings is 1. The average molecular weight is 341 g/mol. The van der Waals surface area contributed by atoms with Crippen molar-refractivity contribution < 1.29 is 4.39 Å². The molecule has 3 aromatic rings. The maximum Gasteiger partial charge on any atom is 0.267 e. The van der Waals surface area contributed by atoms with E-state index in [0.29, 0.717) is 5.39 Å². The predicted octanol–water partition coefficient (Wildman–Crippen LogP) is 4.52. The molecule has 2 aromatic heterocycles. The maximum atomic E-state index is 13.5. The van der Waals surface area contributed by atoms with E-state index < -0.39 is 5.82 Å². The van der Waals surface area contributed by atoms with Crippen LogP contribution in [-0.2, 0) is 0 Å². The van der Waals surface area contributed by atoms with Crippen molar-refractivity contribution >= 4 is 45.4 Å². The van der Waals surface area contributed by atoms with Crippen molar-refractivity contribution in [2.24, 2.45) is 0 Å². The van der Waals surface area contributed by atoms with Gasteiger partial charge in [0.05, 0.1) is 16.1 Å². The fourth-order valence-corrected chi connectivity index (χ4v) is 3.81. The van der Waals surface area contributed by atoms with Crippen molar-refractivity contribution in [1.29, 1.82) is 0 Å². The van der Waals surface area contributed by atoms with E-state index in [2.05, 4.69) is 4.98 Å². The van der Waals surface area contributed by atoms with Crippen LogP contribution in [0.3, 0.4) is 0 Å². The SMILES string of the molecule is Cc1sc2[nH]c(=S)n(-c3cc(F)ccc3Cl)c(=O)c2c1C. The molecule has 0 fully saturated rings. The molecule has 0 bridgehead atoms. The van der Waals surface area contributed by atoms with E-state index in [-0.39, 0.29) is 21.0 Å². The van der Waals surface area contributed by atoms with Crippen LogP contribution in [0.4, 0.5) is 4.39 Å². The second-order valence-corrected chi connectivity index (χ2v) is 6.67. The molecule has 0 aliphatic heterocycles. The molecule has 0 atom stereocenters.